The normalized spacial score (nSPS) is 10.2. The van der Waals surface area contributed by atoms with Gasteiger partial charge in [-0.05, 0) is 11.6 Å². The Balaban J connectivity index is 2.28. The number of anilines is 1. The van der Waals surface area contributed by atoms with Gasteiger partial charge in [0.25, 0.3) is 0 Å². The van der Waals surface area contributed by atoms with E-state index in [1.165, 1.54) is 0 Å². The van der Waals surface area contributed by atoms with Crippen LogP contribution in [-0.2, 0) is 6.54 Å². The fourth-order valence-electron chi connectivity index (χ4n) is 1.74. The molecule has 0 aliphatic carbocycles. The van der Waals surface area contributed by atoms with Crippen molar-refractivity contribution in [1.82, 2.24) is 9.97 Å². The molecule has 0 saturated heterocycles. The quantitative estimate of drug-likeness (QED) is 0.877. The van der Waals surface area contributed by atoms with Crippen LogP contribution in [-0.4, -0.2) is 22.0 Å². The molecule has 2 rings (SSSR count). The number of benzene rings is 1. The highest BCUT2D eigenvalue weighted by Crippen LogP contribution is 2.20. The van der Waals surface area contributed by atoms with Crippen LogP contribution >= 0.6 is 23.8 Å². The van der Waals surface area contributed by atoms with Gasteiger partial charge in [-0.3, -0.25) is 0 Å². The van der Waals surface area contributed by atoms with Crippen LogP contribution in [0.1, 0.15) is 11.3 Å². The molecular weight excluding hydrogens is 280 g/mol. The first kappa shape index (κ1) is 13.7. The third-order valence-corrected chi connectivity index (χ3v) is 3.20. The van der Waals surface area contributed by atoms with Crippen molar-refractivity contribution in [3.63, 3.8) is 0 Å². The molecule has 0 fully saturated rings. The monoisotopic (exact) mass is 292 g/mol. The van der Waals surface area contributed by atoms with Crippen molar-refractivity contribution in [2.45, 2.75) is 6.54 Å². The predicted molar refractivity (Wildman–Crippen MR) is 81.5 cm³/mol. The Kier molecular flexibility index (Phi) is 4.29. The zero-order valence-corrected chi connectivity index (χ0v) is 11.9. The van der Waals surface area contributed by atoms with Crippen molar-refractivity contribution < 1.29 is 0 Å². The second kappa shape index (κ2) is 5.95. The summed E-state index contributed by atoms with van der Waals surface area (Å²) in [7, 11) is 1.90. The maximum absolute atomic E-state index is 6.14. The fraction of sp³-hybridized carbons (Fsp3) is 0.154. The molecule has 0 atom stereocenters. The second-order valence-electron chi connectivity index (χ2n) is 4.04. The molecule has 1 heterocycles. The summed E-state index contributed by atoms with van der Waals surface area (Å²) in [5.74, 6) is 0.648. The van der Waals surface area contributed by atoms with E-state index in [0.29, 0.717) is 18.1 Å². The SMILES string of the molecule is CN(Cc1ccccc1Cl)c1nccnc1C(N)=S. The van der Waals surface area contributed by atoms with E-state index in [-0.39, 0.29) is 4.99 Å². The van der Waals surface area contributed by atoms with Gasteiger partial charge < -0.3 is 10.6 Å². The molecule has 0 aliphatic heterocycles. The van der Waals surface area contributed by atoms with Gasteiger partial charge in [-0.2, -0.15) is 0 Å². The average molecular weight is 293 g/mol. The molecule has 0 radical (unpaired) electrons. The third kappa shape index (κ3) is 3.19. The Hall–Kier alpha value is -1.72. The Morgan fingerprint density at radius 3 is 2.68 bits per heavy atom. The molecule has 1 aromatic heterocycles. The summed E-state index contributed by atoms with van der Waals surface area (Å²) in [6.07, 6.45) is 3.18. The van der Waals surface area contributed by atoms with Crippen LogP contribution < -0.4 is 10.6 Å². The van der Waals surface area contributed by atoms with Gasteiger partial charge in [-0.15, -0.1) is 0 Å². The Morgan fingerprint density at radius 2 is 2.00 bits per heavy atom. The molecule has 6 heteroatoms. The van der Waals surface area contributed by atoms with Crippen LogP contribution in [0.4, 0.5) is 5.82 Å². The molecule has 1 aromatic carbocycles. The fourth-order valence-corrected chi connectivity index (χ4v) is 2.08. The lowest BCUT2D eigenvalue weighted by atomic mass is 10.2. The summed E-state index contributed by atoms with van der Waals surface area (Å²) in [4.78, 5) is 10.6. The standard InChI is InChI=1S/C13H13ClN4S/c1-18(8-9-4-2-3-5-10(9)14)13-11(12(15)19)16-6-7-17-13/h2-7H,8H2,1H3,(H2,15,19). The van der Waals surface area contributed by atoms with Crippen molar-refractivity contribution in [3.8, 4) is 0 Å². The van der Waals surface area contributed by atoms with Crippen molar-refractivity contribution >= 4 is 34.6 Å². The van der Waals surface area contributed by atoms with Gasteiger partial charge in [0.2, 0.25) is 0 Å². The summed E-state index contributed by atoms with van der Waals surface area (Å²) in [6, 6.07) is 7.67. The van der Waals surface area contributed by atoms with Gasteiger partial charge in [0.1, 0.15) is 10.7 Å². The predicted octanol–water partition coefficient (Wildman–Crippen LogP) is 2.40. The first-order chi connectivity index (χ1) is 9.09. The molecule has 2 N–H and O–H groups in total. The van der Waals surface area contributed by atoms with E-state index in [2.05, 4.69) is 9.97 Å². The Morgan fingerprint density at radius 1 is 1.32 bits per heavy atom. The van der Waals surface area contributed by atoms with Crippen molar-refractivity contribution in [2.24, 2.45) is 5.73 Å². The lowest BCUT2D eigenvalue weighted by Gasteiger charge is -2.20. The molecule has 98 valence electrons. The van der Waals surface area contributed by atoms with E-state index in [9.17, 15) is 0 Å². The number of hydrogen-bond acceptors (Lipinski definition) is 4. The molecule has 0 bridgehead atoms. The number of aromatic nitrogens is 2. The molecule has 0 saturated carbocycles. The highest BCUT2D eigenvalue weighted by atomic mass is 35.5. The van der Waals surface area contributed by atoms with Crippen LogP contribution in [0.3, 0.4) is 0 Å². The summed E-state index contributed by atoms with van der Waals surface area (Å²) in [5, 5.41) is 0.718. The number of hydrogen-bond donors (Lipinski definition) is 1. The average Bonchev–Trinajstić information content (AvgIpc) is 2.41. The van der Waals surface area contributed by atoms with E-state index in [0.717, 1.165) is 10.6 Å². The molecule has 0 amide bonds. The smallest absolute Gasteiger partial charge is 0.157 e. The zero-order valence-electron chi connectivity index (χ0n) is 10.4. The first-order valence-corrected chi connectivity index (χ1v) is 6.43. The molecular formula is C13H13ClN4S. The summed E-state index contributed by atoms with van der Waals surface area (Å²) in [5.41, 5.74) is 7.18. The molecule has 0 spiro atoms. The number of halogens is 1. The minimum absolute atomic E-state index is 0.231. The molecule has 0 unspecified atom stereocenters. The minimum atomic E-state index is 0.231. The van der Waals surface area contributed by atoms with Gasteiger partial charge in [-0.1, -0.05) is 42.0 Å². The van der Waals surface area contributed by atoms with Crippen molar-refractivity contribution in [2.75, 3.05) is 11.9 Å². The van der Waals surface area contributed by atoms with E-state index >= 15 is 0 Å². The highest BCUT2D eigenvalue weighted by Gasteiger charge is 2.13. The van der Waals surface area contributed by atoms with Crippen molar-refractivity contribution in [3.05, 3.63) is 52.9 Å². The minimum Gasteiger partial charge on any atom is -0.388 e. The van der Waals surface area contributed by atoms with Gasteiger partial charge >= 0.3 is 0 Å². The number of nitrogens with zero attached hydrogens (tertiary/aromatic N) is 3. The third-order valence-electron chi connectivity index (χ3n) is 2.64. The van der Waals surface area contributed by atoms with Crippen molar-refractivity contribution in [1.29, 1.82) is 0 Å². The van der Waals surface area contributed by atoms with Gasteiger partial charge in [0.05, 0.1) is 0 Å². The van der Waals surface area contributed by atoms with Gasteiger partial charge in [0, 0.05) is 31.0 Å². The highest BCUT2D eigenvalue weighted by molar-refractivity contribution is 7.80. The summed E-state index contributed by atoms with van der Waals surface area (Å²) >= 11 is 11.1. The van der Waals surface area contributed by atoms with Gasteiger partial charge in [0.15, 0.2) is 5.82 Å². The lowest BCUT2D eigenvalue weighted by Crippen LogP contribution is -2.23. The van der Waals surface area contributed by atoms with E-state index in [1.54, 1.807) is 12.4 Å². The number of nitrogens with two attached hydrogens (primary N) is 1. The maximum atomic E-state index is 6.14. The Bertz CT molecular complexity index is 603. The van der Waals surface area contributed by atoms with Crippen LogP contribution in [0.5, 0.6) is 0 Å². The largest absolute Gasteiger partial charge is 0.388 e. The summed E-state index contributed by atoms with van der Waals surface area (Å²) < 4.78 is 0. The topological polar surface area (TPSA) is 55.0 Å². The molecule has 2 aromatic rings. The van der Waals surface area contributed by atoms with E-state index < -0.39 is 0 Å². The lowest BCUT2D eigenvalue weighted by molar-refractivity contribution is 0.887. The van der Waals surface area contributed by atoms with Gasteiger partial charge in [-0.25, -0.2) is 9.97 Å². The van der Waals surface area contributed by atoms with Crippen LogP contribution in [0.25, 0.3) is 0 Å². The van der Waals surface area contributed by atoms with Crippen LogP contribution in [0.2, 0.25) is 5.02 Å². The van der Waals surface area contributed by atoms with Crippen LogP contribution in [0, 0.1) is 0 Å². The molecule has 4 nitrogen and oxygen atoms in total. The summed E-state index contributed by atoms with van der Waals surface area (Å²) in [6.45, 7) is 0.605. The first-order valence-electron chi connectivity index (χ1n) is 5.65. The molecule has 0 aliphatic rings. The van der Waals surface area contributed by atoms with E-state index in [1.807, 2.05) is 36.2 Å². The Labute approximate surface area is 122 Å². The zero-order chi connectivity index (χ0) is 13.8. The maximum Gasteiger partial charge on any atom is 0.157 e. The number of rotatable bonds is 4. The van der Waals surface area contributed by atoms with Crippen LogP contribution in [0.15, 0.2) is 36.7 Å². The number of thiocarbonyl (C=S) groups is 1. The second-order valence-corrected chi connectivity index (χ2v) is 4.89. The van der Waals surface area contributed by atoms with E-state index in [4.69, 9.17) is 29.6 Å². The molecule has 19 heavy (non-hydrogen) atoms.